The van der Waals surface area contributed by atoms with Crippen molar-refractivity contribution in [2.24, 2.45) is 4.99 Å². The minimum absolute atomic E-state index is 0. The van der Waals surface area contributed by atoms with E-state index in [0.717, 1.165) is 43.6 Å². The molecule has 5 nitrogen and oxygen atoms in total. The van der Waals surface area contributed by atoms with Gasteiger partial charge in [0.1, 0.15) is 0 Å². The predicted molar refractivity (Wildman–Crippen MR) is 135 cm³/mol. The maximum atomic E-state index is 6.13. The Balaban J connectivity index is 0.00000300. The molecule has 7 heteroatoms. The Morgan fingerprint density at radius 1 is 1.17 bits per heavy atom. The molecule has 0 aliphatic carbocycles. The number of halogens is 2. The molecule has 1 unspecified atom stereocenters. The fourth-order valence-electron chi connectivity index (χ4n) is 3.56. The van der Waals surface area contributed by atoms with E-state index in [1.165, 1.54) is 16.8 Å². The lowest BCUT2D eigenvalue weighted by molar-refractivity contribution is 0.402. The average Bonchev–Trinajstić information content (AvgIpc) is 3.13. The lowest BCUT2D eigenvalue weighted by Gasteiger charge is -2.20. The Morgan fingerprint density at radius 3 is 2.66 bits per heavy atom. The molecule has 1 aliphatic rings. The number of rotatable bonds is 6. The summed E-state index contributed by atoms with van der Waals surface area (Å²) in [5.74, 6) is 0.843. The monoisotopic (exact) mass is 527 g/mol. The van der Waals surface area contributed by atoms with Crippen LogP contribution in [0.2, 0.25) is 5.02 Å². The van der Waals surface area contributed by atoms with Crippen molar-refractivity contribution in [1.29, 1.82) is 0 Å². The third kappa shape index (κ3) is 7.35. The van der Waals surface area contributed by atoms with Gasteiger partial charge in [-0.15, -0.1) is 24.0 Å². The number of nitrogens with one attached hydrogen (secondary N) is 2. The Kier molecular flexibility index (Phi) is 9.52. The molecule has 0 aromatic heterocycles. The number of benzene rings is 2. The quantitative estimate of drug-likeness (QED) is 0.339. The number of guanidine groups is 1. The van der Waals surface area contributed by atoms with E-state index in [1.807, 2.05) is 25.2 Å². The van der Waals surface area contributed by atoms with Crippen LogP contribution in [-0.2, 0) is 13.1 Å². The zero-order valence-corrected chi connectivity index (χ0v) is 20.4. The zero-order valence-electron chi connectivity index (χ0n) is 17.4. The first-order chi connectivity index (χ1) is 13.5. The zero-order chi connectivity index (χ0) is 19.9. The van der Waals surface area contributed by atoms with E-state index < -0.39 is 0 Å². The number of hydrogen-bond donors (Lipinski definition) is 2. The van der Waals surface area contributed by atoms with Gasteiger partial charge >= 0.3 is 0 Å². The van der Waals surface area contributed by atoms with Crippen molar-refractivity contribution in [3.63, 3.8) is 0 Å². The van der Waals surface area contributed by atoms with Crippen LogP contribution in [0.1, 0.15) is 17.5 Å². The van der Waals surface area contributed by atoms with Gasteiger partial charge in [0.2, 0.25) is 0 Å². The molecule has 1 saturated heterocycles. The summed E-state index contributed by atoms with van der Waals surface area (Å²) in [6, 6.07) is 17.1. The maximum absolute atomic E-state index is 6.13. The largest absolute Gasteiger partial charge is 0.369 e. The summed E-state index contributed by atoms with van der Waals surface area (Å²) >= 11 is 6.13. The van der Waals surface area contributed by atoms with Gasteiger partial charge in [-0.1, -0.05) is 41.9 Å². The van der Waals surface area contributed by atoms with Crippen LogP contribution in [0.3, 0.4) is 0 Å². The van der Waals surface area contributed by atoms with Crippen molar-refractivity contribution in [1.82, 2.24) is 15.5 Å². The smallest absolute Gasteiger partial charge is 0.191 e. The third-order valence-electron chi connectivity index (χ3n) is 4.88. The molecule has 2 aromatic carbocycles. The second kappa shape index (κ2) is 11.6. The molecule has 29 heavy (non-hydrogen) atoms. The summed E-state index contributed by atoms with van der Waals surface area (Å²) < 4.78 is 0. The van der Waals surface area contributed by atoms with Crippen LogP contribution < -0.4 is 15.5 Å². The van der Waals surface area contributed by atoms with Crippen molar-refractivity contribution in [2.75, 3.05) is 39.1 Å². The molecule has 1 fully saturated rings. The van der Waals surface area contributed by atoms with Crippen LogP contribution in [-0.4, -0.2) is 51.1 Å². The van der Waals surface area contributed by atoms with Gasteiger partial charge in [0.25, 0.3) is 0 Å². The fourth-order valence-corrected chi connectivity index (χ4v) is 3.75. The van der Waals surface area contributed by atoms with Gasteiger partial charge < -0.3 is 20.4 Å². The lowest BCUT2D eigenvalue weighted by Crippen LogP contribution is -2.44. The van der Waals surface area contributed by atoms with Gasteiger partial charge in [-0.2, -0.15) is 0 Å². The molecule has 1 atom stereocenters. The molecule has 2 aromatic rings. The summed E-state index contributed by atoms with van der Waals surface area (Å²) in [4.78, 5) is 8.94. The first kappa shape index (κ1) is 23.8. The Morgan fingerprint density at radius 2 is 1.93 bits per heavy atom. The van der Waals surface area contributed by atoms with Crippen LogP contribution in [0.25, 0.3) is 0 Å². The van der Waals surface area contributed by atoms with E-state index in [-0.39, 0.29) is 24.0 Å². The molecule has 1 heterocycles. The molecule has 0 bridgehead atoms. The average molecular weight is 528 g/mol. The maximum Gasteiger partial charge on any atom is 0.191 e. The second-order valence-corrected chi connectivity index (χ2v) is 7.98. The summed E-state index contributed by atoms with van der Waals surface area (Å²) in [6.45, 7) is 3.66. The first-order valence-electron chi connectivity index (χ1n) is 9.74. The molecule has 2 N–H and O–H groups in total. The summed E-state index contributed by atoms with van der Waals surface area (Å²) in [7, 11) is 6.00. The van der Waals surface area contributed by atoms with Gasteiger partial charge in [-0.05, 0) is 49.8 Å². The molecule has 0 spiro atoms. The Hall–Kier alpha value is -1.51. The number of nitrogens with zero attached hydrogens (tertiary/aromatic N) is 3. The number of anilines is 1. The SMILES string of the molecule is CN=C(NCc1cccc(CN(C)C)c1)NC1CCN(c2cccc(Cl)c2)C1.I. The van der Waals surface area contributed by atoms with E-state index >= 15 is 0 Å². The highest BCUT2D eigenvalue weighted by Crippen LogP contribution is 2.23. The molecular weight excluding hydrogens is 497 g/mol. The van der Waals surface area contributed by atoms with E-state index in [0.29, 0.717) is 6.04 Å². The lowest BCUT2D eigenvalue weighted by atomic mass is 10.1. The summed E-state index contributed by atoms with van der Waals surface area (Å²) in [5.41, 5.74) is 3.76. The Bertz CT molecular complexity index is 811. The van der Waals surface area contributed by atoms with E-state index in [4.69, 9.17) is 11.6 Å². The summed E-state index contributed by atoms with van der Waals surface area (Å²) in [6.07, 6.45) is 1.07. The normalized spacial score (nSPS) is 16.7. The van der Waals surface area contributed by atoms with E-state index in [9.17, 15) is 0 Å². The number of aliphatic imine (C=N–C) groups is 1. The molecule has 0 amide bonds. The second-order valence-electron chi connectivity index (χ2n) is 7.54. The molecular formula is C22H31ClIN5. The van der Waals surface area contributed by atoms with E-state index in [1.54, 1.807) is 0 Å². The highest BCUT2D eigenvalue weighted by atomic mass is 127. The van der Waals surface area contributed by atoms with Crippen molar-refractivity contribution < 1.29 is 0 Å². The van der Waals surface area contributed by atoms with Crippen LogP contribution in [0.5, 0.6) is 0 Å². The Labute approximate surface area is 196 Å². The van der Waals surface area contributed by atoms with Gasteiger partial charge in [-0.25, -0.2) is 0 Å². The third-order valence-corrected chi connectivity index (χ3v) is 5.11. The van der Waals surface area contributed by atoms with Crippen molar-refractivity contribution >= 4 is 47.2 Å². The van der Waals surface area contributed by atoms with Crippen molar-refractivity contribution in [3.05, 3.63) is 64.7 Å². The van der Waals surface area contributed by atoms with Gasteiger partial charge in [0.15, 0.2) is 5.96 Å². The molecule has 3 rings (SSSR count). The van der Waals surface area contributed by atoms with Gasteiger partial charge in [0.05, 0.1) is 0 Å². The van der Waals surface area contributed by atoms with Crippen LogP contribution >= 0.6 is 35.6 Å². The van der Waals surface area contributed by atoms with Crippen molar-refractivity contribution in [2.45, 2.75) is 25.6 Å². The fraction of sp³-hybridized carbons (Fsp3) is 0.409. The van der Waals surface area contributed by atoms with Crippen LogP contribution in [0, 0.1) is 0 Å². The highest BCUT2D eigenvalue weighted by molar-refractivity contribution is 14.0. The van der Waals surface area contributed by atoms with Gasteiger partial charge in [0, 0.05) is 50.0 Å². The first-order valence-corrected chi connectivity index (χ1v) is 10.1. The van der Waals surface area contributed by atoms with Crippen LogP contribution in [0.4, 0.5) is 5.69 Å². The topological polar surface area (TPSA) is 42.9 Å². The van der Waals surface area contributed by atoms with Crippen molar-refractivity contribution in [3.8, 4) is 0 Å². The molecule has 0 radical (unpaired) electrons. The summed E-state index contributed by atoms with van der Waals surface area (Å²) in [5, 5.41) is 7.78. The number of hydrogen-bond acceptors (Lipinski definition) is 3. The standard InChI is InChI=1S/C22H30ClN5.HI/c1-24-22(25-14-17-6-4-7-18(12-17)15-27(2)3)26-20-10-11-28(16-20)21-9-5-8-19(23)13-21;/h4-9,12-13,20H,10-11,14-16H2,1-3H3,(H2,24,25,26);1H. The minimum atomic E-state index is 0. The highest BCUT2D eigenvalue weighted by Gasteiger charge is 2.23. The molecule has 1 aliphatic heterocycles. The molecule has 158 valence electrons. The predicted octanol–water partition coefficient (Wildman–Crippen LogP) is 3.96. The molecule has 0 saturated carbocycles. The van der Waals surface area contributed by atoms with Crippen LogP contribution in [0.15, 0.2) is 53.5 Å². The minimum Gasteiger partial charge on any atom is -0.369 e. The van der Waals surface area contributed by atoms with Gasteiger partial charge in [-0.3, -0.25) is 4.99 Å². The van der Waals surface area contributed by atoms with E-state index in [2.05, 4.69) is 69.9 Å².